The van der Waals surface area contributed by atoms with Crippen molar-refractivity contribution in [3.63, 3.8) is 0 Å². The van der Waals surface area contributed by atoms with E-state index in [1.54, 1.807) is 12.1 Å². The molecule has 0 radical (unpaired) electrons. The van der Waals surface area contributed by atoms with E-state index in [-0.39, 0.29) is 35.5 Å². The highest BCUT2D eigenvalue weighted by atomic mass is 32.2. The molecular formula is C20H28N2O3S. The molecule has 1 fully saturated rings. The SMILES string of the molecule is CC(C)(C)c1ccc(S(=O)(=O)C[C@H]2CCCC[C@@H]2C(=O)NCC#N)cc1. The van der Waals surface area contributed by atoms with Crippen LogP contribution in [-0.4, -0.2) is 26.6 Å². The van der Waals surface area contributed by atoms with Gasteiger partial charge in [0.1, 0.15) is 6.54 Å². The summed E-state index contributed by atoms with van der Waals surface area (Å²) < 4.78 is 25.7. The minimum atomic E-state index is -3.45. The summed E-state index contributed by atoms with van der Waals surface area (Å²) in [6, 6.07) is 8.97. The zero-order valence-corrected chi connectivity index (χ0v) is 16.6. The maximum atomic E-state index is 12.9. The van der Waals surface area contributed by atoms with Crippen molar-refractivity contribution in [3.8, 4) is 6.07 Å². The van der Waals surface area contributed by atoms with Gasteiger partial charge in [0.2, 0.25) is 5.91 Å². The van der Waals surface area contributed by atoms with E-state index in [4.69, 9.17) is 5.26 Å². The molecule has 0 aromatic heterocycles. The van der Waals surface area contributed by atoms with Gasteiger partial charge in [-0.2, -0.15) is 5.26 Å². The molecule has 142 valence electrons. The van der Waals surface area contributed by atoms with Gasteiger partial charge in [0.25, 0.3) is 0 Å². The van der Waals surface area contributed by atoms with E-state index in [1.807, 2.05) is 18.2 Å². The fourth-order valence-electron chi connectivity index (χ4n) is 3.55. The quantitative estimate of drug-likeness (QED) is 0.800. The van der Waals surface area contributed by atoms with Crippen molar-refractivity contribution in [2.45, 2.75) is 56.8 Å². The molecule has 1 aliphatic rings. The van der Waals surface area contributed by atoms with E-state index < -0.39 is 9.84 Å². The second-order valence-corrected chi connectivity index (χ2v) is 10.1. The van der Waals surface area contributed by atoms with Crippen LogP contribution in [0, 0.1) is 23.2 Å². The molecule has 0 heterocycles. The van der Waals surface area contributed by atoms with Gasteiger partial charge in [0, 0.05) is 5.92 Å². The van der Waals surface area contributed by atoms with Gasteiger partial charge in [-0.25, -0.2) is 8.42 Å². The number of nitrogens with one attached hydrogen (secondary N) is 1. The van der Waals surface area contributed by atoms with Crippen LogP contribution in [0.1, 0.15) is 52.0 Å². The minimum Gasteiger partial charge on any atom is -0.343 e. The van der Waals surface area contributed by atoms with Gasteiger partial charge in [-0.05, 0) is 41.9 Å². The Labute approximate surface area is 156 Å². The van der Waals surface area contributed by atoms with E-state index in [0.29, 0.717) is 11.3 Å². The number of hydrogen-bond donors (Lipinski definition) is 1. The zero-order valence-electron chi connectivity index (χ0n) is 15.8. The molecule has 2 rings (SSSR count). The highest BCUT2D eigenvalue weighted by Crippen LogP contribution is 2.33. The standard InChI is InChI=1S/C20H28N2O3S/c1-20(2,3)16-8-10-17(11-9-16)26(24,25)14-15-6-4-5-7-18(15)19(23)22-13-12-21/h8-11,15,18H,4-7,13-14H2,1-3H3,(H,22,23)/t15-,18+/m1/s1. The van der Waals surface area contributed by atoms with Crippen molar-refractivity contribution in [1.82, 2.24) is 5.32 Å². The molecule has 0 saturated heterocycles. The molecule has 1 amide bonds. The summed E-state index contributed by atoms with van der Waals surface area (Å²) in [7, 11) is -3.45. The lowest BCUT2D eigenvalue weighted by molar-refractivity contribution is -0.127. The van der Waals surface area contributed by atoms with Gasteiger partial charge < -0.3 is 5.32 Å². The van der Waals surface area contributed by atoms with Gasteiger partial charge in [0.05, 0.1) is 16.7 Å². The molecule has 0 aliphatic heterocycles. The topological polar surface area (TPSA) is 87.0 Å². The van der Waals surface area contributed by atoms with Gasteiger partial charge in [-0.3, -0.25) is 4.79 Å². The summed E-state index contributed by atoms with van der Waals surface area (Å²) in [5, 5.41) is 11.2. The fraction of sp³-hybridized carbons (Fsp3) is 0.600. The van der Waals surface area contributed by atoms with Crippen molar-refractivity contribution in [2.24, 2.45) is 11.8 Å². The number of nitrogens with zero attached hydrogens (tertiary/aromatic N) is 1. The molecule has 5 nitrogen and oxygen atoms in total. The Balaban J connectivity index is 2.15. The molecule has 1 aromatic carbocycles. The first-order valence-corrected chi connectivity index (χ1v) is 10.8. The Hall–Kier alpha value is -1.87. The summed E-state index contributed by atoms with van der Waals surface area (Å²) >= 11 is 0. The maximum Gasteiger partial charge on any atom is 0.224 e. The number of sulfone groups is 1. The Morgan fingerprint density at radius 2 is 1.81 bits per heavy atom. The van der Waals surface area contributed by atoms with Gasteiger partial charge in [-0.1, -0.05) is 45.7 Å². The average Bonchev–Trinajstić information content (AvgIpc) is 2.59. The number of carbonyl (C=O) groups excluding carboxylic acids is 1. The van der Waals surface area contributed by atoms with Gasteiger partial charge in [-0.15, -0.1) is 0 Å². The van der Waals surface area contributed by atoms with Crippen LogP contribution in [0.4, 0.5) is 0 Å². The van der Waals surface area contributed by atoms with Crippen molar-refractivity contribution in [1.29, 1.82) is 5.26 Å². The number of amides is 1. The van der Waals surface area contributed by atoms with E-state index in [2.05, 4.69) is 26.1 Å². The molecule has 2 atom stereocenters. The first-order valence-electron chi connectivity index (χ1n) is 9.13. The van der Waals surface area contributed by atoms with Crippen LogP contribution in [0.2, 0.25) is 0 Å². The summed E-state index contributed by atoms with van der Waals surface area (Å²) in [6.45, 7) is 6.22. The largest absolute Gasteiger partial charge is 0.343 e. The summed E-state index contributed by atoms with van der Waals surface area (Å²) in [4.78, 5) is 12.6. The van der Waals surface area contributed by atoms with Gasteiger partial charge >= 0.3 is 0 Å². The molecule has 0 bridgehead atoms. The van der Waals surface area contributed by atoms with E-state index in [0.717, 1.165) is 24.8 Å². The van der Waals surface area contributed by atoms with Crippen LogP contribution in [-0.2, 0) is 20.0 Å². The average molecular weight is 377 g/mol. The third-order valence-electron chi connectivity index (χ3n) is 5.10. The van der Waals surface area contributed by atoms with Gasteiger partial charge in [0.15, 0.2) is 9.84 Å². The fourth-order valence-corrected chi connectivity index (χ4v) is 5.26. The molecule has 1 aromatic rings. The second kappa shape index (κ2) is 8.22. The van der Waals surface area contributed by atoms with Crippen LogP contribution < -0.4 is 5.32 Å². The van der Waals surface area contributed by atoms with Crippen LogP contribution in [0.5, 0.6) is 0 Å². The van der Waals surface area contributed by atoms with Crippen molar-refractivity contribution < 1.29 is 13.2 Å². The van der Waals surface area contributed by atoms with Crippen LogP contribution in [0.15, 0.2) is 29.2 Å². The Morgan fingerprint density at radius 3 is 2.38 bits per heavy atom. The first-order chi connectivity index (χ1) is 12.1. The first kappa shape index (κ1) is 20.4. The van der Waals surface area contributed by atoms with Crippen LogP contribution in [0.25, 0.3) is 0 Å². The molecule has 0 spiro atoms. The summed E-state index contributed by atoms with van der Waals surface area (Å²) in [6.07, 6.45) is 3.26. The molecule has 0 unspecified atom stereocenters. The van der Waals surface area contributed by atoms with E-state index in [9.17, 15) is 13.2 Å². The molecule has 6 heteroatoms. The van der Waals surface area contributed by atoms with Crippen LogP contribution >= 0.6 is 0 Å². The number of benzene rings is 1. The smallest absolute Gasteiger partial charge is 0.224 e. The third kappa shape index (κ3) is 5.07. The lowest BCUT2D eigenvalue weighted by Crippen LogP contribution is -2.39. The zero-order chi connectivity index (χ0) is 19.4. The highest BCUT2D eigenvalue weighted by Gasteiger charge is 2.34. The second-order valence-electron chi connectivity index (χ2n) is 8.08. The Bertz CT molecular complexity index is 771. The predicted octanol–water partition coefficient (Wildman–Crippen LogP) is 3.20. The normalized spacial score (nSPS) is 21.0. The highest BCUT2D eigenvalue weighted by molar-refractivity contribution is 7.91. The lowest BCUT2D eigenvalue weighted by Gasteiger charge is -2.30. The van der Waals surface area contributed by atoms with Crippen molar-refractivity contribution >= 4 is 15.7 Å². The third-order valence-corrected chi connectivity index (χ3v) is 6.96. The predicted molar refractivity (Wildman–Crippen MR) is 101 cm³/mol. The lowest BCUT2D eigenvalue weighted by atomic mass is 9.80. The number of nitriles is 1. The number of hydrogen-bond acceptors (Lipinski definition) is 4. The molecule has 1 aliphatic carbocycles. The van der Waals surface area contributed by atoms with Crippen LogP contribution in [0.3, 0.4) is 0 Å². The summed E-state index contributed by atoms with van der Waals surface area (Å²) in [5.74, 6) is -0.753. The van der Waals surface area contributed by atoms with E-state index >= 15 is 0 Å². The van der Waals surface area contributed by atoms with E-state index in [1.165, 1.54) is 0 Å². The molecule has 1 saturated carbocycles. The number of carbonyl (C=O) groups is 1. The molecule has 26 heavy (non-hydrogen) atoms. The minimum absolute atomic E-state index is 0.0213. The Morgan fingerprint density at radius 1 is 1.19 bits per heavy atom. The molecule has 1 N–H and O–H groups in total. The summed E-state index contributed by atoms with van der Waals surface area (Å²) in [5.41, 5.74) is 1.05. The van der Waals surface area contributed by atoms with Crippen molar-refractivity contribution in [2.75, 3.05) is 12.3 Å². The Kier molecular flexibility index (Phi) is 6.46. The molecular weight excluding hydrogens is 348 g/mol. The maximum absolute atomic E-state index is 12.9. The number of rotatable bonds is 5. The monoisotopic (exact) mass is 376 g/mol. The van der Waals surface area contributed by atoms with Crippen molar-refractivity contribution in [3.05, 3.63) is 29.8 Å².